The van der Waals surface area contributed by atoms with Crippen LogP contribution in [0.3, 0.4) is 0 Å². The van der Waals surface area contributed by atoms with Gasteiger partial charge in [0, 0.05) is 17.2 Å². The van der Waals surface area contributed by atoms with Gasteiger partial charge < -0.3 is 8.92 Å². The van der Waals surface area contributed by atoms with Crippen LogP contribution in [0.1, 0.15) is 15.9 Å². The van der Waals surface area contributed by atoms with E-state index in [9.17, 15) is 23.3 Å². The van der Waals surface area contributed by atoms with Crippen molar-refractivity contribution in [1.29, 1.82) is 0 Å². The minimum Gasteiger partial charge on any atom is -0.456 e. The molecule has 2 rings (SSSR count). The van der Waals surface area contributed by atoms with Gasteiger partial charge in [0.15, 0.2) is 0 Å². The fourth-order valence-corrected chi connectivity index (χ4v) is 3.25. The first-order valence-corrected chi connectivity index (χ1v) is 9.19. The van der Waals surface area contributed by atoms with Gasteiger partial charge in [0.2, 0.25) is 0 Å². The Morgan fingerprint density at radius 2 is 1.85 bits per heavy atom. The van der Waals surface area contributed by atoms with E-state index in [1.807, 2.05) is 0 Å². The molecule has 8 nitrogen and oxygen atoms in total. The number of aryl methyl sites for hydroxylation is 1. The summed E-state index contributed by atoms with van der Waals surface area (Å²) >= 11 is 5.51. The van der Waals surface area contributed by atoms with Crippen LogP contribution in [0.25, 0.3) is 0 Å². The summed E-state index contributed by atoms with van der Waals surface area (Å²) < 4.78 is 34.7. The molecule has 0 spiro atoms. The van der Waals surface area contributed by atoms with Gasteiger partial charge in [-0.1, -0.05) is 24.2 Å². The van der Waals surface area contributed by atoms with Crippen LogP contribution < -0.4 is 4.18 Å². The molecule has 0 aliphatic rings. The van der Waals surface area contributed by atoms with Gasteiger partial charge in [-0.05, 0) is 36.8 Å². The molecule has 0 aliphatic carbocycles. The van der Waals surface area contributed by atoms with Crippen molar-refractivity contribution < 1.29 is 27.1 Å². The minimum atomic E-state index is -4.30. The second kappa shape index (κ2) is 8.19. The van der Waals surface area contributed by atoms with Crippen molar-refractivity contribution in [2.24, 2.45) is 0 Å². The molecule has 0 fully saturated rings. The number of nitro benzene ring substituents is 1. The molecule has 0 N–H and O–H groups in total. The molecule has 0 heterocycles. The molecule has 0 bridgehead atoms. The van der Waals surface area contributed by atoms with Gasteiger partial charge >= 0.3 is 16.1 Å². The summed E-state index contributed by atoms with van der Waals surface area (Å²) in [6, 6.07) is 8.58. The molecule has 0 aliphatic heterocycles. The smallest absolute Gasteiger partial charge is 0.339 e. The van der Waals surface area contributed by atoms with E-state index in [0.29, 0.717) is 5.56 Å². The fraction of sp³-hybridized carbons (Fsp3) is 0.118. The number of rotatable bonds is 7. The van der Waals surface area contributed by atoms with E-state index >= 15 is 0 Å². The van der Waals surface area contributed by atoms with Crippen LogP contribution in [0.15, 0.2) is 59.0 Å². The third-order valence-corrected chi connectivity index (χ3v) is 4.81. The van der Waals surface area contributed by atoms with E-state index < -0.39 is 21.0 Å². The second-order valence-electron chi connectivity index (χ2n) is 5.36. The van der Waals surface area contributed by atoms with Crippen molar-refractivity contribution in [3.8, 4) is 5.75 Å². The van der Waals surface area contributed by atoms with Crippen LogP contribution in [0, 0.1) is 17.0 Å². The summed E-state index contributed by atoms with van der Waals surface area (Å²) in [5, 5.41) is 11.0. The van der Waals surface area contributed by atoms with Crippen LogP contribution in [0.4, 0.5) is 5.69 Å². The SMILES string of the molecule is C=C(Cl)COC(=O)c1ccc(OS(=O)(=O)c2cc([N+](=O)[O-])ccc2C)cc1. The monoisotopic (exact) mass is 411 g/mol. The molecule has 0 aromatic heterocycles. The number of halogens is 1. The van der Waals surface area contributed by atoms with Gasteiger partial charge in [-0.2, -0.15) is 8.42 Å². The maximum absolute atomic E-state index is 12.4. The van der Waals surface area contributed by atoms with Gasteiger partial charge in [-0.25, -0.2) is 4.79 Å². The first-order chi connectivity index (χ1) is 12.6. The van der Waals surface area contributed by atoms with Crippen LogP contribution in [-0.4, -0.2) is 25.9 Å². The van der Waals surface area contributed by atoms with Crippen molar-refractivity contribution in [2.75, 3.05) is 6.61 Å². The topological polar surface area (TPSA) is 113 Å². The van der Waals surface area contributed by atoms with E-state index in [4.69, 9.17) is 20.5 Å². The highest BCUT2D eigenvalue weighted by Crippen LogP contribution is 2.25. The van der Waals surface area contributed by atoms with Crippen molar-refractivity contribution in [2.45, 2.75) is 11.8 Å². The van der Waals surface area contributed by atoms with Gasteiger partial charge in [-0.3, -0.25) is 10.1 Å². The molecule has 2 aromatic carbocycles. The molecular formula is C17H14ClNO7S. The summed E-state index contributed by atoms with van der Waals surface area (Å²) in [6.45, 7) is 4.72. The molecule has 0 unspecified atom stereocenters. The lowest BCUT2D eigenvalue weighted by molar-refractivity contribution is -0.385. The minimum absolute atomic E-state index is 0.0702. The number of carbonyl (C=O) groups excluding carboxylic acids is 1. The second-order valence-corrected chi connectivity index (χ2v) is 7.41. The highest BCUT2D eigenvalue weighted by Gasteiger charge is 2.23. The molecule has 10 heteroatoms. The first-order valence-electron chi connectivity index (χ1n) is 7.40. The number of nitro groups is 1. The van der Waals surface area contributed by atoms with E-state index in [-0.39, 0.29) is 33.5 Å². The predicted octanol–water partition coefficient (Wildman–Crippen LogP) is 3.58. The lowest BCUT2D eigenvalue weighted by Gasteiger charge is -2.10. The molecule has 0 radical (unpaired) electrons. The van der Waals surface area contributed by atoms with Crippen LogP contribution in [-0.2, 0) is 14.9 Å². The summed E-state index contributed by atoms with van der Waals surface area (Å²) in [5.74, 6) is -0.736. The predicted molar refractivity (Wildman–Crippen MR) is 97.4 cm³/mol. The summed E-state index contributed by atoms with van der Waals surface area (Å²) in [6.07, 6.45) is 0. The number of hydrogen-bond donors (Lipinski definition) is 0. The van der Waals surface area contributed by atoms with Gasteiger partial charge in [0.05, 0.1) is 10.5 Å². The number of benzene rings is 2. The Balaban J connectivity index is 2.21. The molecule has 0 atom stereocenters. The third kappa shape index (κ3) is 5.28. The Hall–Kier alpha value is -2.91. The average molecular weight is 412 g/mol. The standard InChI is InChI=1S/C17H14ClNO7S/c1-11-3-6-14(19(21)22)9-16(11)27(23,24)26-15-7-4-13(5-8-15)17(20)25-10-12(2)18/h3-9H,2,10H2,1H3. The summed E-state index contributed by atoms with van der Waals surface area (Å²) in [5.41, 5.74) is 0.0769. The van der Waals surface area contributed by atoms with Crippen molar-refractivity contribution >= 4 is 33.4 Å². The zero-order valence-corrected chi connectivity index (χ0v) is 15.6. The molecule has 0 saturated heterocycles. The number of non-ortho nitro benzene ring substituents is 1. The van der Waals surface area contributed by atoms with Crippen LogP contribution >= 0.6 is 11.6 Å². The van der Waals surface area contributed by atoms with E-state index in [1.54, 1.807) is 0 Å². The summed E-state index contributed by atoms with van der Waals surface area (Å²) in [7, 11) is -4.30. The highest BCUT2D eigenvalue weighted by atomic mass is 35.5. The van der Waals surface area contributed by atoms with Crippen LogP contribution in [0.2, 0.25) is 0 Å². The Bertz CT molecular complexity index is 1000. The van der Waals surface area contributed by atoms with Crippen molar-refractivity contribution in [3.05, 3.63) is 75.3 Å². The molecule has 27 heavy (non-hydrogen) atoms. The van der Waals surface area contributed by atoms with E-state index in [2.05, 4.69) is 6.58 Å². The maximum atomic E-state index is 12.4. The van der Waals surface area contributed by atoms with E-state index in [1.165, 1.54) is 43.3 Å². The zero-order chi connectivity index (χ0) is 20.2. The number of nitrogens with zero attached hydrogens (tertiary/aromatic N) is 1. The Kier molecular flexibility index (Phi) is 6.19. The number of hydrogen-bond acceptors (Lipinski definition) is 7. The molecule has 0 amide bonds. The Labute approximate surface area is 160 Å². The quantitative estimate of drug-likeness (QED) is 0.296. The molecular weight excluding hydrogens is 398 g/mol. The lowest BCUT2D eigenvalue weighted by atomic mass is 10.2. The lowest BCUT2D eigenvalue weighted by Crippen LogP contribution is -2.12. The fourth-order valence-electron chi connectivity index (χ4n) is 2.02. The Morgan fingerprint density at radius 1 is 1.22 bits per heavy atom. The third-order valence-electron chi connectivity index (χ3n) is 3.31. The van der Waals surface area contributed by atoms with Crippen molar-refractivity contribution in [1.82, 2.24) is 0 Å². The average Bonchev–Trinajstić information content (AvgIpc) is 2.60. The van der Waals surface area contributed by atoms with Gasteiger partial charge in [0.1, 0.15) is 17.3 Å². The highest BCUT2D eigenvalue weighted by molar-refractivity contribution is 7.87. The largest absolute Gasteiger partial charge is 0.456 e. The number of esters is 1. The normalized spacial score (nSPS) is 10.9. The molecule has 2 aromatic rings. The zero-order valence-electron chi connectivity index (χ0n) is 14.0. The summed E-state index contributed by atoms with van der Waals surface area (Å²) in [4.78, 5) is 21.6. The van der Waals surface area contributed by atoms with Gasteiger partial charge in [0.25, 0.3) is 5.69 Å². The van der Waals surface area contributed by atoms with Gasteiger partial charge in [-0.15, -0.1) is 0 Å². The Morgan fingerprint density at radius 3 is 2.41 bits per heavy atom. The molecule has 0 saturated carbocycles. The van der Waals surface area contributed by atoms with Crippen molar-refractivity contribution in [3.63, 3.8) is 0 Å². The first kappa shape index (κ1) is 20.4. The molecule has 142 valence electrons. The van der Waals surface area contributed by atoms with E-state index in [0.717, 1.165) is 6.07 Å². The number of carbonyl (C=O) groups is 1. The number of ether oxygens (including phenoxy) is 1. The van der Waals surface area contributed by atoms with Crippen LogP contribution in [0.5, 0.6) is 5.75 Å². The maximum Gasteiger partial charge on any atom is 0.339 e.